The Bertz CT molecular complexity index is 1030. The third-order valence-electron chi connectivity index (χ3n) is 4.18. The van der Waals surface area contributed by atoms with Gasteiger partial charge in [-0.3, -0.25) is 14.9 Å². The fraction of sp³-hybridized carbons (Fsp3) is 0.111. The highest BCUT2D eigenvalue weighted by atomic mass is 19.1. The Balaban J connectivity index is 1.66. The largest absolute Gasteiger partial charge is 0.360 e. The second-order valence-electron chi connectivity index (χ2n) is 5.76. The van der Waals surface area contributed by atoms with Gasteiger partial charge in [-0.2, -0.15) is 0 Å². The number of nitrogens with one attached hydrogen (secondary N) is 2. The van der Waals surface area contributed by atoms with E-state index in [1.54, 1.807) is 12.1 Å². The molecule has 2 N–H and O–H groups in total. The van der Waals surface area contributed by atoms with Gasteiger partial charge in [-0.25, -0.2) is 8.78 Å². The molecule has 0 spiro atoms. The molecular weight excluding hydrogens is 314 g/mol. The number of H-pyrrole nitrogens is 1. The van der Waals surface area contributed by atoms with Gasteiger partial charge in [0, 0.05) is 11.6 Å². The number of hydrogen-bond donors (Lipinski definition) is 2. The standard InChI is InChI=1S/C18H12F2N2O2/c19-10-3-1-2-9(6-10)15-16(22-15)18(24)13-8-21-14-7-11(20)4-5-12(14)17(13)23/h1-8,15-16,22H,(H,21,23). The molecule has 6 heteroatoms. The Morgan fingerprint density at radius 2 is 1.83 bits per heavy atom. The van der Waals surface area contributed by atoms with Gasteiger partial charge in [-0.15, -0.1) is 0 Å². The van der Waals surface area contributed by atoms with Crippen molar-refractivity contribution in [2.24, 2.45) is 0 Å². The molecule has 2 unspecified atom stereocenters. The SMILES string of the molecule is O=C(c1c[nH]c2cc(F)ccc2c1=O)C1NC1c1cccc(F)c1. The molecule has 2 aromatic carbocycles. The molecule has 0 amide bonds. The molecule has 4 rings (SSSR count). The predicted molar refractivity (Wildman–Crippen MR) is 84.9 cm³/mol. The van der Waals surface area contributed by atoms with Gasteiger partial charge >= 0.3 is 0 Å². The van der Waals surface area contributed by atoms with Gasteiger partial charge < -0.3 is 4.98 Å². The van der Waals surface area contributed by atoms with Crippen molar-refractivity contribution in [2.45, 2.75) is 12.1 Å². The summed E-state index contributed by atoms with van der Waals surface area (Å²) >= 11 is 0. The zero-order valence-electron chi connectivity index (χ0n) is 12.3. The number of benzene rings is 2. The number of halogens is 2. The van der Waals surface area contributed by atoms with E-state index in [-0.39, 0.29) is 28.6 Å². The van der Waals surface area contributed by atoms with E-state index in [1.807, 2.05) is 0 Å². The van der Waals surface area contributed by atoms with Crippen molar-refractivity contribution < 1.29 is 13.6 Å². The van der Waals surface area contributed by atoms with Gasteiger partial charge in [0.05, 0.1) is 23.2 Å². The molecule has 1 fully saturated rings. The molecule has 3 aromatic rings. The maximum absolute atomic E-state index is 13.3. The first kappa shape index (κ1) is 14.7. The summed E-state index contributed by atoms with van der Waals surface area (Å²) in [6, 6.07) is 8.85. The van der Waals surface area contributed by atoms with Gasteiger partial charge in [0.1, 0.15) is 11.6 Å². The van der Waals surface area contributed by atoms with Crippen LogP contribution in [0.4, 0.5) is 8.78 Å². The summed E-state index contributed by atoms with van der Waals surface area (Å²) in [6.45, 7) is 0. The average Bonchev–Trinajstić information content (AvgIpc) is 3.35. The smallest absolute Gasteiger partial charge is 0.200 e. The Kier molecular flexibility index (Phi) is 3.28. The van der Waals surface area contributed by atoms with E-state index < -0.39 is 17.3 Å². The van der Waals surface area contributed by atoms with Crippen LogP contribution in [0.15, 0.2) is 53.5 Å². The lowest BCUT2D eigenvalue weighted by Gasteiger charge is -2.02. The monoisotopic (exact) mass is 326 g/mol. The molecule has 2 atom stereocenters. The molecule has 0 bridgehead atoms. The second kappa shape index (κ2) is 5.35. The summed E-state index contributed by atoms with van der Waals surface area (Å²) in [5, 5.41) is 3.22. The van der Waals surface area contributed by atoms with E-state index in [1.165, 1.54) is 36.5 Å². The van der Waals surface area contributed by atoms with Crippen LogP contribution in [0.3, 0.4) is 0 Å². The van der Waals surface area contributed by atoms with Crippen LogP contribution in [0, 0.1) is 11.6 Å². The Morgan fingerprint density at radius 3 is 2.62 bits per heavy atom. The molecular formula is C18H12F2N2O2. The van der Waals surface area contributed by atoms with Gasteiger partial charge in [0.25, 0.3) is 0 Å². The highest BCUT2D eigenvalue weighted by Gasteiger charge is 2.44. The van der Waals surface area contributed by atoms with E-state index in [4.69, 9.17) is 0 Å². The number of hydrogen-bond acceptors (Lipinski definition) is 3. The minimum absolute atomic E-state index is 0.00510. The summed E-state index contributed by atoms with van der Waals surface area (Å²) in [5.41, 5.74) is 0.556. The maximum atomic E-state index is 13.3. The molecule has 120 valence electrons. The zero-order chi connectivity index (χ0) is 16.8. The van der Waals surface area contributed by atoms with Crippen LogP contribution in [0.1, 0.15) is 22.0 Å². The summed E-state index contributed by atoms with van der Waals surface area (Å²) in [7, 11) is 0. The van der Waals surface area contributed by atoms with Gasteiger partial charge in [0.15, 0.2) is 11.2 Å². The summed E-state index contributed by atoms with van der Waals surface area (Å²) in [5.74, 6) is -1.21. The number of pyridine rings is 1. The van der Waals surface area contributed by atoms with Crippen molar-refractivity contribution in [1.29, 1.82) is 0 Å². The second-order valence-corrected chi connectivity index (χ2v) is 5.76. The maximum Gasteiger partial charge on any atom is 0.200 e. The van der Waals surface area contributed by atoms with E-state index in [0.29, 0.717) is 11.1 Å². The highest BCUT2D eigenvalue weighted by molar-refractivity contribution is 6.04. The summed E-state index contributed by atoms with van der Waals surface area (Å²) in [4.78, 5) is 27.8. The Labute approximate surface area is 135 Å². The van der Waals surface area contributed by atoms with Gasteiger partial charge in [0.2, 0.25) is 0 Å². The normalized spacial score (nSPS) is 19.4. The van der Waals surface area contributed by atoms with Crippen molar-refractivity contribution in [3.05, 3.63) is 81.6 Å². The molecule has 24 heavy (non-hydrogen) atoms. The predicted octanol–water partition coefficient (Wildman–Crippen LogP) is 2.70. The lowest BCUT2D eigenvalue weighted by molar-refractivity contribution is 0.0987. The van der Waals surface area contributed by atoms with E-state index in [9.17, 15) is 18.4 Å². The van der Waals surface area contributed by atoms with Crippen LogP contribution in [-0.4, -0.2) is 16.8 Å². The zero-order valence-corrected chi connectivity index (χ0v) is 12.3. The minimum Gasteiger partial charge on any atom is -0.360 e. The van der Waals surface area contributed by atoms with Crippen molar-refractivity contribution in [2.75, 3.05) is 0 Å². The fourth-order valence-corrected chi connectivity index (χ4v) is 2.90. The van der Waals surface area contributed by atoms with E-state index in [0.717, 1.165) is 0 Å². The quantitative estimate of drug-likeness (QED) is 0.574. The number of carbonyl (C=O) groups excluding carboxylic acids is 1. The first-order valence-corrected chi connectivity index (χ1v) is 7.41. The van der Waals surface area contributed by atoms with Crippen molar-refractivity contribution in [3.8, 4) is 0 Å². The molecule has 0 aliphatic carbocycles. The Hall–Kier alpha value is -2.86. The molecule has 0 saturated carbocycles. The van der Waals surface area contributed by atoms with Crippen LogP contribution in [0.5, 0.6) is 0 Å². The van der Waals surface area contributed by atoms with Crippen molar-refractivity contribution in [1.82, 2.24) is 10.3 Å². The lowest BCUT2D eigenvalue weighted by atomic mass is 10.0. The lowest BCUT2D eigenvalue weighted by Crippen LogP contribution is -2.21. The fourth-order valence-electron chi connectivity index (χ4n) is 2.90. The Morgan fingerprint density at radius 1 is 1.04 bits per heavy atom. The van der Waals surface area contributed by atoms with Crippen LogP contribution < -0.4 is 10.7 Å². The number of aromatic nitrogens is 1. The summed E-state index contributed by atoms with van der Waals surface area (Å²) < 4.78 is 26.5. The molecule has 1 aliphatic heterocycles. The molecule has 1 saturated heterocycles. The number of fused-ring (bicyclic) bond motifs is 1. The molecule has 0 radical (unpaired) electrons. The minimum atomic E-state index is -0.564. The van der Waals surface area contributed by atoms with E-state index in [2.05, 4.69) is 10.3 Å². The third-order valence-corrected chi connectivity index (χ3v) is 4.18. The van der Waals surface area contributed by atoms with Crippen LogP contribution >= 0.6 is 0 Å². The number of carbonyl (C=O) groups is 1. The molecule has 1 aliphatic rings. The van der Waals surface area contributed by atoms with Gasteiger partial charge in [-0.1, -0.05) is 12.1 Å². The molecule has 1 aromatic heterocycles. The van der Waals surface area contributed by atoms with Crippen LogP contribution in [-0.2, 0) is 0 Å². The average molecular weight is 326 g/mol. The molecule has 2 heterocycles. The van der Waals surface area contributed by atoms with Crippen molar-refractivity contribution in [3.63, 3.8) is 0 Å². The molecule has 4 nitrogen and oxygen atoms in total. The summed E-state index contributed by atoms with van der Waals surface area (Å²) in [6.07, 6.45) is 1.30. The number of ketones is 1. The first-order chi connectivity index (χ1) is 11.5. The number of aromatic amines is 1. The highest BCUT2D eigenvalue weighted by Crippen LogP contribution is 2.32. The van der Waals surface area contributed by atoms with Gasteiger partial charge in [-0.05, 0) is 35.9 Å². The number of rotatable bonds is 3. The third kappa shape index (κ3) is 2.41. The topological polar surface area (TPSA) is 71.9 Å². The number of Topliss-reactive ketones (excluding diaryl/α,β-unsaturated/α-hetero) is 1. The first-order valence-electron chi connectivity index (χ1n) is 7.41. The van der Waals surface area contributed by atoms with Crippen LogP contribution in [0.2, 0.25) is 0 Å². The van der Waals surface area contributed by atoms with E-state index >= 15 is 0 Å². The van der Waals surface area contributed by atoms with Crippen LogP contribution in [0.25, 0.3) is 10.9 Å². The van der Waals surface area contributed by atoms with Crippen molar-refractivity contribution >= 4 is 16.7 Å².